The van der Waals surface area contributed by atoms with Gasteiger partial charge in [-0.2, -0.15) is 0 Å². The van der Waals surface area contributed by atoms with Crippen molar-refractivity contribution in [2.45, 2.75) is 25.5 Å². The Labute approximate surface area is 113 Å². The zero-order valence-corrected chi connectivity index (χ0v) is 11.9. The molecule has 0 saturated carbocycles. The highest BCUT2D eigenvalue weighted by Crippen LogP contribution is 2.25. The van der Waals surface area contributed by atoms with Crippen LogP contribution in [0, 0.1) is 0 Å². The third kappa shape index (κ3) is 4.07. The van der Waals surface area contributed by atoms with Crippen LogP contribution < -0.4 is 0 Å². The van der Waals surface area contributed by atoms with E-state index in [2.05, 4.69) is 0 Å². The summed E-state index contributed by atoms with van der Waals surface area (Å²) in [4.78, 5) is 25.8. The van der Waals surface area contributed by atoms with Crippen LogP contribution in [0.4, 0.5) is 4.79 Å². The average molecular weight is 274 g/mol. The van der Waals surface area contributed by atoms with E-state index >= 15 is 0 Å². The fourth-order valence-electron chi connectivity index (χ4n) is 1.99. The Kier molecular flexibility index (Phi) is 5.13. The van der Waals surface area contributed by atoms with Crippen molar-refractivity contribution in [3.8, 4) is 0 Å². The number of ether oxygens (including phenoxy) is 2. The van der Waals surface area contributed by atoms with Crippen LogP contribution in [-0.2, 0) is 14.3 Å². The van der Waals surface area contributed by atoms with E-state index in [-0.39, 0.29) is 18.7 Å². The summed E-state index contributed by atoms with van der Waals surface area (Å²) in [6.45, 7) is 4.66. The largest absolute Gasteiger partial charge is 0.480 e. The summed E-state index contributed by atoms with van der Waals surface area (Å²) in [5.41, 5.74) is -0.556. The Balaban J connectivity index is 2.40. The third-order valence-electron chi connectivity index (χ3n) is 3.24. The lowest BCUT2D eigenvalue weighted by Crippen LogP contribution is -2.66. The summed E-state index contributed by atoms with van der Waals surface area (Å²) in [7, 11) is 3.31. The van der Waals surface area contributed by atoms with E-state index in [0.717, 1.165) is 0 Å². The second-order valence-corrected chi connectivity index (χ2v) is 5.19. The maximum absolute atomic E-state index is 12.1. The number of amides is 2. The average Bonchev–Trinajstić information content (AvgIpc) is 2.31. The first-order valence-corrected chi connectivity index (χ1v) is 6.15. The number of likely N-dealkylation sites (N-methyl/N-ethyl adjacent to an activating group) is 1. The van der Waals surface area contributed by atoms with Gasteiger partial charge in [-0.1, -0.05) is 0 Å². The molecule has 0 bridgehead atoms. The molecule has 1 N–H and O–H groups in total. The first-order chi connectivity index (χ1) is 8.79. The maximum atomic E-state index is 12.1. The van der Waals surface area contributed by atoms with E-state index in [1.165, 1.54) is 0 Å². The van der Waals surface area contributed by atoms with Crippen LogP contribution >= 0.6 is 0 Å². The molecule has 0 radical (unpaired) electrons. The third-order valence-corrected chi connectivity index (χ3v) is 3.24. The Bertz CT molecular complexity index is 341. The molecule has 0 aliphatic carbocycles. The van der Waals surface area contributed by atoms with Crippen LogP contribution in [0.3, 0.4) is 0 Å². The fourth-order valence-corrected chi connectivity index (χ4v) is 1.99. The number of carboxylic acids is 1. The summed E-state index contributed by atoms with van der Waals surface area (Å²) in [6.07, 6.45) is 0. The molecule has 1 aliphatic heterocycles. The van der Waals surface area contributed by atoms with Crippen molar-refractivity contribution in [2.24, 2.45) is 0 Å². The van der Waals surface area contributed by atoms with Gasteiger partial charge >= 0.3 is 12.0 Å². The van der Waals surface area contributed by atoms with Crippen LogP contribution in [0.15, 0.2) is 0 Å². The molecule has 1 saturated heterocycles. The summed E-state index contributed by atoms with van der Waals surface area (Å²) < 4.78 is 10.3. The van der Waals surface area contributed by atoms with E-state index in [1.54, 1.807) is 30.9 Å². The minimum atomic E-state index is -1.00. The molecule has 110 valence electrons. The minimum Gasteiger partial charge on any atom is -0.480 e. The van der Waals surface area contributed by atoms with Crippen molar-refractivity contribution in [2.75, 3.05) is 40.5 Å². The summed E-state index contributed by atoms with van der Waals surface area (Å²) in [6, 6.07) is -0.106. The van der Waals surface area contributed by atoms with E-state index in [4.69, 9.17) is 14.6 Å². The Morgan fingerprint density at radius 1 is 1.47 bits per heavy atom. The van der Waals surface area contributed by atoms with Gasteiger partial charge in [0.15, 0.2) is 0 Å². The molecular formula is C12H22N2O5. The number of urea groups is 1. The molecule has 1 fully saturated rings. The highest BCUT2D eigenvalue weighted by atomic mass is 16.5. The second-order valence-electron chi connectivity index (χ2n) is 5.19. The summed E-state index contributed by atoms with van der Waals surface area (Å²) >= 11 is 0. The molecule has 1 unspecified atom stereocenters. The molecule has 1 atom stereocenters. The van der Waals surface area contributed by atoms with Crippen molar-refractivity contribution < 1.29 is 24.2 Å². The number of nitrogens with zero attached hydrogens (tertiary/aromatic N) is 2. The number of hydrogen-bond donors (Lipinski definition) is 1. The number of methoxy groups -OCH3 is 1. The zero-order chi connectivity index (χ0) is 14.6. The van der Waals surface area contributed by atoms with Gasteiger partial charge in [-0.3, -0.25) is 0 Å². The van der Waals surface area contributed by atoms with Crippen molar-refractivity contribution in [1.29, 1.82) is 0 Å². The van der Waals surface area contributed by atoms with Gasteiger partial charge in [-0.05, 0) is 13.8 Å². The topological polar surface area (TPSA) is 79.3 Å². The summed E-state index contributed by atoms with van der Waals surface area (Å²) in [5.74, 6) is -1.00. The predicted octanol–water partition coefficient (Wildman–Crippen LogP) is 0.249. The Hall–Kier alpha value is -1.34. The molecular weight excluding hydrogens is 252 g/mol. The van der Waals surface area contributed by atoms with Crippen molar-refractivity contribution in [3.05, 3.63) is 0 Å². The van der Waals surface area contributed by atoms with E-state index in [9.17, 15) is 9.59 Å². The normalized spacial score (nSPS) is 18.6. The number of carboxylic acid groups (broad SMARTS) is 1. The number of carbonyl (C=O) groups excluding carboxylic acids is 1. The molecule has 0 aromatic heterocycles. The number of likely N-dealkylation sites (tertiary alicyclic amines) is 1. The van der Waals surface area contributed by atoms with Gasteiger partial charge < -0.3 is 24.4 Å². The van der Waals surface area contributed by atoms with Crippen molar-refractivity contribution in [3.63, 3.8) is 0 Å². The monoisotopic (exact) mass is 274 g/mol. The quantitative estimate of drug-likeness (QED) is 0.751. The molecule has 1 heterocycles. The molecule has 7 nitrogen and oxygen atoms in total. The minimum absolute atomic E-state index is 0.00991. The lowest BCUT2D eigenvalue weighted by Gasteiger charge is -2.48. The van der Waals surface area contributed by atoms with Crippen LogP contribution in [-0.4, -0.2) is 79.0 Å². The highest BCUT2D eigenvalue weighted by Gasteiger charge is 2.44. The van der Waals surface area contributed by atoms with Gasteiger partial charge in [-0.15, -0.1) is 0 Å². The van der Waals surface area contributed by atoms with Gasteiger partial charge in [0.05, 0.1) is 25.7 Å². The number of aliphatic carboxylic acids is 1. The van der Waals surface area contributed by atoms with Crippen LogP contribution in [0.25, 0.3) is 0 Å². The molecule has 1 rings (SSSR count). The van der Waals surface area contributed by atoms with Crippen LogP contribution in [0.2, 0.25) is 0 Å². The van der Waals surface area contributed by atoms with Gasteiger partial charge in [0.25, 0.3) is 0 Å². The smallest absolute Gasteiger partial charge is 0.329 e. The second kappa shape index (κ2) is 6.21. The van der Waals surface area contributed by atoms with E-state index in [0.29, 0.717) is 19.7 Å². The molecule has 19 heavy (non-hydrogen) atoms. The SMILES string of the molecule is COCC(C)N(C)C(=O)N1CC(C)(OCC(=O)O)C1. The standard InChI is InChI=1S/C12H22N2O5/c1-9(5-18-4)13(3)11(17)14-7-12(2,8-14)19-6-10(15)16/h9H,5-8H2,1-4H3,(H,15,16). The maximum Gasteiger partial charge on any atom is 0.329 e. The molecule has 0 aromatic carbocycles. The molecule has 7 heteroatoms. The first kappa shape index (κ1) is 15.7. The van der Waals surface area contributed by atoms with Gasteiger partial charge in [-0.25, -0.2) is 9.59 Å². The molecule has 2 amide bonds. The predicted molar refractivity (Wildman–Crippen MR) is 68.1 cm³/mol. The number of carbonyl (C=O) groups is 2. The number of hydrogen-bond acceptors (Lipinski definition) is 4. The van der Waals surface area contributed by atoms with Gasteiger partial charge in [0, 0.05) is 14.2 Å². The molecule has 0 spiro atoms. The van der Waals surface area contributed by atoms with Crippen LogP contribution in [0.1, 0.15) is 13.8 Å². The number of rotatable bonds is 6. The van der Waals surface area contributed by atoms with Crippen molar-refractivity contribution in [1.82, 2.24) is 9.80 Å². The first-order valence-electron chi connectivity index (χ1n) is 6.15. The van der Waals surface area contributed by atoms with Gasteiger partial charge in [0.2, 0.25) is 0 Å². The summed E-state index contributed by atoms with van der Waals surface area (Å²) in [5, 5.41) is 8.56. The van der Waals surface area contributed by atoms with E-state index in [1.807, 2.05) is 6.92 Å². The van der Waals surface area contributed by atoms with E-state index < -0.39 is 11.6 Å². The Morgan fingerprint density at radius 2 is 2.05 bits per heavy atom. The fraction of sp³-hybridized carbons (Fsp3) is 0.833. The molecule has 0 aromatic rings. The Morgan fingerprint density at radius 3 is 2.53 bits per heavy atom. The molecule has 1 aliphatic rings. The lowest BCUT2D eigenvalue weighted by atomic mass is 9.97. The van der Waals surface area contributed by atoms with Crippen LogP contribution in [0.5, 0.6) is 0 Å². The van der Waals surface area contributed by atoms with Gasteiger partial charge in [0.1, 0.15) is 12.2 Å². The zero-order valence-electron chi connectivity index (χ0n) is 11.9. The van der Waals surface area contributed by atoms with Crippen molar-refractivity contribution >= 4 is 12.0 Å². The highest BCUT2D eigenvalue weighted by molar-refractivity contribution is 5.76. The lowest BCUT2D eigenvalue weighted by molar-refractivity contribution is -0.160.